The number of rotatable bonds is 6. The second-order valence-corrected chi connectivity index (χ2v) is 10.5. The van der Waals surface area contributed by atoms with E-state index in [0.717, 1.165) is 19.3 Å². The number of carbonyl (C=O) groups excluding carboxylic acids is 1. The maximum Gasteiger partial charge on any atom is 0.348 e. The largest absolute Gasteiger partial charge is 0.495 e. The van der Waals surface area contributed by atoms with Gasteiger partial charge in [-0.2, -0.15) is 4.31 Å². The number of sulfonamides is 1. The van der Waals surface area contributed by atoms with Crippen LogP contribution < -0.4 is 15.7 Å². The van der Waals surface area contributed by atoms with Crippen LogP contribution in [-0.4, -0.2) is 47.9 Å². The number of halogens is 1. The number of piperidine rings is 1. The molecule has 34 heavy (non-hydrogen) atoms. The molecule has 0 aliphatic carbocycles. The molecule has 4 rings (SSSR count). The lowest BCUT2D eigenvalue weighted by Gasteiger charge is -2.32. The smallest absolute Gasteiger partial charge is 0.348 e. The minimum Gasteiger partial charge on any atom is -0.495 e. The molecule has 0 saturated carbocycles. The monoisotopic (exact) mass is 504 g/mol. The van der Waals surface area contributed by atoms with Gasteiger partial charge in [-0.15, -0.1) is 0 Å². The van der Waals surface area contributed by atoms with Gasteiger partial charge in [-0.3, -0.25) is 9.36 Å². The summed E-state index contributed by atoms with van der Waals surface area (Å²) < 4.78 is 34.2. The summed E-state index contributed by atoms with van der Waals surface area (Å²) in [5, 5.41) is 3.47. The molecule has 0 spiro atoms. The average molecular weight is 505 g/mol. The van der Waals surface area contributed by atoms with Crippen molar-refractivity contribution < 1.29 is 17.9 Å². The van der Waals surface area contributed by atoms with Gasteiger partial charge in [0, 0.05) is 29.9 Å². The lowest BCUT2D eigenvalue weighted by atomic mass is 10.1. The summed E-state index contributed by atoms with van der Waals surface area (Å²) in [7, 11) is -2.19. The highest BCUT2D eigenvalue weighted by Crippen LogP contribution is 2.28. The zero-order valence-electron chi connectivity index (χ0n) is 18.8. The van der Waals surface area contributed by atoms with Crippen molar-refractivity contribution in [3.8, 4) is 5.75 Å². The molecule has 1 atom stereocenters. The molecule has 1 N–H and O–H groups in total. The van der Waals surface area contributed by atoms with Gasteiger partial charge in [0.05, 0.1) is 22.5 Å². The number of amides is 1. The standard InChI is InChI=1S/C23H25ClN4O5S/c1-15-5-3-4-10-28(15)34(31,32)18-7-8-20-16(11-18)13-25-23(30)27(20)14-22(29)26-17-6-9-21(33-2)19(24)12-17/h6-9,11-13,15H,3-5,10,14H2,1-2H3,(H,26,29). The molecular formula is C23H25ClN4O5S. The highest BCUT2D eigenvalue weighted by atomic mass is 35.5. The zero-order valence-corrected chi connectivity index (χ0v) is 20.4. The highest BCUT2D eigenvalue weighted by Gasteiger charge is 2.31. The predicted octanol–water partition coefficient (Wildman–Crippen LogP) is 3.26. The lowest BCUT2D eigenvalue weighted by Crippen LogP contribution is -2.41. The summed E-state index contributed by atoms with van der Waals surface area (Å²) in [6.07, 6.45) is 3.98. The maximum absolute atomic E-state index is 13.2. The zero-order chi connectivity index (χ0) is 24.5. The minimum absolute atomic E-state index is 0.0725. The third-order valence-corrected chi connectivity index (χ3v) is 8.23. The molecule has 1 aliphatic heterocycles. The number of methoxy groups -OCH3 is 1. The van der Waals surface area contributed by atoms with Crippen LogP contribution in [0.1, 0.15) is 26.2 Å². The number of nitrogens with zero attached hydrogens (tertiary/aromatic N) is 3. The number of benzene rings is 2. The summed E-state index contributed by atoms with van der Waals surface area (Å²) in [6.45, 7) is 2.09. The quantitative estimate of drug-likeness (QED) is 0.551. The molecule has 2 heterocycles. The van der Waals surface area contributed by atoms with Crippen molar-refractivity contribution in [1.29, 1.82) is 0 Å². The van der Waals surface area contributed by atoms with E-state index >= 15 is 0 Å². The van der Waals surface area contributed by atoms with Crippen LogP contribution in [0.2, 0.25) is 5.02 Å². The second-order valence-electron chi connectivity index (χ2n) is 8.21. The summed E-state index contributed by atoms with van der Waals surface area (Å²) >= 11 is 6.10. The van der Waals surface area contributed by atoms with Gasteiger partial charge in [0.2, 0.25) is 15.9 Å². The minimum atomic E-state index is -3.68. The topological polar surface area (TPSA) is 111 Å². The average Bonchev–Trinajstić information content (AvgIpc) is 2.81. The van der Waals surface area contributed by atoms with Crippen molar-refractivity contribution in [2.45, 2.75) is 43.7 Å². The molecule has 1 amide bonds. The van der Waals surface area contributed by atoms with Crippen molar-refractivity contribution in [2.24, 2.45) is 0 Å². The van der Waals surface area contributed by atoms with Gasteiger partial charge in [-0.25, -0.2) is 18.2 Å². The van der Waals surface area contributed by atoms with E-state index < -0.39 is 21.6 Å². The third-order valence-electron chi connectivity index (χ3n) is 5.92. The Kier molecular flexibility index (Phi) is 6.92. The molecule has 3 aromatic rings. The van der Waals surface area contributed by atoms with Crippen LogP contribution in [0.15, 0.2) is 52.3 Å². The maximum atomic E-state index is 13.2. The number of anilines is 1. The molecule has 1 aromatic heterocycles. The third kappa shape index (κ3) is 4.79. The normalized spacial score (nSPS) is 17.0. The van der Waals surface area contributed by atoms with E-state index in [0.29, 0.717) is 33.9 Å². The van der Waals surface area contributed by atoms with Gasteiger partial charge in [0.1, 0.15) is 12.3 Å². The number of aromatic nitrogens is 2. The number of hydrogen-bond donors (Lipinski definition) is 1. The summed E-state index contributed by atoms with van der Waals surface area (Å²) in [4.78, 5) is 29.0. The molecule has 180 valence electrons. The first kappa shape index (κ1) is 24.2. The predicted molar refractivity (Wildman–Crippen MR) is 130 cm³/mol. The lowest BCUT2D eigenvalue weighted by molar-refractivity contribution is -0.116. The van der Waals surface area contributed by atoms with Crippen molar-refractivity contribution in [3.63, 3.8) is 0 Å². The molecular weight excluding hydrogens is 480 g/mol. The van der Waals surface area contributed by atoms with Gasteiger partial charge in [-0.1, -0.05) is 18.0 Å². The molecule has 1 unspecified atom stereocenters. The van der Waals surface area contributed by atoms with Gasteiger partial charge in [0.25, 0.3) is 0 Å². The SMILES string of the molecule is COc1ccc(NC(=O)Cn2c(=O)ncc3cc(S(=O)(=O)N4CCCCC4C)ccc32)cc1Cl. The van der Waals surface area contributed by atoms with E-state index in [-0.39, 0.29) is 17.5 Å². The fourth-order valence-corrected chi connectivity index (χ4v) is 6.14. The Morgan fingerprint density at radius 2 is 2.03 bits per heavy atom. The summed E-state index contributed by atoms with van der Waals surface area (Å²) in [5.41, 5.74) is 0.241. The van der Waals surface area contributed by atoms with E-state index in [9.17, 15) is 18.0 Å². The Morgan fingerprint density at radius 1 is 1.24 bits per heavy atom. The Morgan fingerprint density at radius 3 is 2.74 bits per heavy atom. The van der Waals surface area contributed by atoms with E-state index in [1.807, 2.05) is 6.92 Å². The van der Waals surface area contributed by atoms with E-state index in [4.69, 9.17) is 16.3 Å². The molecule has 11 heteroatoms. The van der Waals surface area contributed by atoms with Gasteiger partial charge >= 0.3 is 5.69 Å². The summed E-state index contributed by atoms with van der Waals surface area (Å²) in [5.74, 6) is 0.00955. The Bertz CT molecular complexity index is 1410. The van der Waals surface area contributed by atoms with Gasteiger partial charge < -0.3 is 10.1 Å². The fraction of sp³-hybridized carbons (Fsp3) is 0.348. The number of ether oxygens (including phenoxy) is 1. The number of nitrogens with one attached hydrogen (secondary N) is 1. The Hall–Kier alpha value is -2.95. The van der Waals surface area contributed by atoms with Crippen molar-refractivity contribution in [2.75, 3.05) is 19.0 Å². The van der Waals surface area contributed by atoms with Gasteiger partial charge in [0.15, 0.2) is 0 Å². The highest BCUT2D eigenvalue weighted by molar-refractivity contribution is 7.89. The molecule has 2 aromatic carbocycles. The van der Waals surface area contributed by atoms with Crippen LogP contribution in [0.3, 0.4) is 0 Å². The number of fused-ring (bicyclic) bond motifs is 1. The van der Waals surface area contributed by atoms with Crippen LogP contribution in [0.5, 0.6) is 5.75 Å². The first-order valence-electron chi connectivity index (χ1n) is 10.9. The van der Waals surface area contributed by atoms with Crippen LogP contribution in [0.25, 0.3) is 10.9 Å². The number of hydrogen-bond acceptors (Lipinski definition) is 6. The Balaban J connectivity index is 1.61. The molecule has 1 saturated heterocycles. The van der Waals surface area contributed by atoms with E-state index in [1.54, 1.807) is 18.2 Å². The molecule has 9 nitrogen and oxygen atoms in total. The molecule has 1 fully saturated rings. The fourth-order valence-electron chi connectivity index (χ4n) is 4.15. The van der Waals surface area contributed by atoms with E-state index in [1.165, 1.54) is 40.4 Å². The second kappa shape index (κ2) is 9.73. The van der Waals surface area contributed by atoms with Crippen LogP contribution in [-0.2, 0) is 21.4 Å². The van der Waals surface area contributed by atoms with Crippen LogP contribution in [0, 0.1) is 0 Å². The van der Waals surface area contributed by atoms with E-state index in [2.05, 4.69) is 10.3 Å². The Labute approximate surface area is 202 Å². The first-order chi connectivity index (χ1) is 16.2. The summed E-state index contributed by atoms with van der Waals surface area (Å²) in [6, 6.07) is 9.22. The first-order valence-corrected chi connectivity index (χ1v) is 12.7. The van der Waals surface area contributed by atoms with Crippen molar-refractivity contribution >= 4 is 44.1 Å². The van der Waals surface area contributed by atoms with Crippen LogP contribution >= 0.6 is 11.6 Å². The number of carbonyl (C=O) groups is 1. The molecule has 1 aliphatic rings. The molecule has 0 radical (unpaired) electrons. The van der Waals surface area contributed by atoms with Crippen molar-refractivity contribution in [1.82, 2.24) is 13.9 Å². The van der Waals surface area contributed by atoms with Gasteiger partial charge in [-0.05, 0) is 56.2 Å². The molecule has 0 bridgehead atoms. The van der Waals surface area contributed by atoms with Crippen LogP contribution in [0.4, 0.5) is 5.69 Å². The van der Waals surface area contributed by atoms with Crippen molar-refractivity contribution in [3.05, 3.63) is 58.1 Å².